The van der Waals surface area contributed by atoms with Crippen molar-refractivity contribution in [1.29, 1.82) is 0 Å². The molecule has 4 heteroatoms. The van der Waals surface area contributed by atoms with Crippen LogP contribution < -0.4 is 0 Å². The van der Waals surface area contributed by atoms with E-state index in [9.17, 15) is 0 Å². The first-order valence-corrected chi connectivity index (χ1v) is 0. The van der Waals surface area contributed by atoms with Crippen molar-refractivity contribution >= 4 is 73.7 Å². The Hall–Kier alpha value is 2.77. The first kappa shape index (κ1) is 29.3. The van der Waals surface area contributed by atoms with Crippen LogP contribution in [0.5, 0.6) is 0 Å². The fraction of sp³-hybridized carbons (Fsp3) is 0. The Kier molecular flexibility index (Phi) is 125. The maximum Gasteiger partial charge on any atom is 0 e. The SMILES string of the molecule is Cl.Cl.[BaH2].[Zn]. The Morgan fingerprint density at radius 2 is 0.750 bits per heavy atom. The number of hydrogen-bond acceptors (Lipinski definition) is 0. The second kappa shape index (κ2) is 17.1. The van der Waals surface area contributed by atoms with Crippen LogP contribution in [0.25, 0.3) is 0 Å². The Labute approximate surface area is 91.1 Å². The molecule has 0 heterocycles. The zero-order chi connectivity index (χ0) is 0. The van der Waals surface area contributed by atoms with E-state index in [0.29, 0.717) is 0 Å². The molecule has 0 atom stereocenters. The van der Waals surface area contributed by atoms with Crippen molar-refractivity contribution in [3.05, 3.63) is 0 Å². The van der Waals surface area contributed by atoms with Gasteiger partial charge >= 0.3 is 48.9 Å². The van der Waals surface area contributed by atoms with E-state index in [0.717, 1.165) is 0 Å². The van der Waals surface area contributed by atoms with Crippen LogP contribution in [0.1, 0.15) is 0 Å². The molecule has 0 unspecified atom stereocenters. The van der Waals surface area contributed by atoms with Gasteiger partial charge in [0, 0.05) is 19.5 Å². The van der Waals surface area contributed by atoms with Gasteiger partial charge in [-0.25, -0.2) is 0 Å². The topological polar surface area (TPSA) is 0 Å². The van der Waals surface area contributed by atoms with Crippen molar-refractivity contribution in [2.75, 3.05) is 0 Å². The molecule has 0 aliphatic rings. The molecule has 0 radical (unpaired) electrons. The first-order chi connectivity index (χ1) is 0. The molecule has 0 aromatic heterocycles. The van der Waals surface area contributed by atoms with Crippen LogP contribution in [-0.2, 0) is 19.5 Å². The van der Waals surface area contributed by atoms with Crippen molar-refractivity contribution < 1.29 is 19.5 Å². The van der Waals surface area contributed by atoms with Crippen molar-refractivity contribution in [3.63, 3.8) is 0 Å². The summed E-state index contributed by atoms with van der Waals surface area (Å²) in [5, 5.41) is 0. The number of hydrogen-bond donors (Lipinski definition) is 0. The third-order valence-corrected chi connectivity index (χ3v) is 0. The van der Waals surface area contributed by atoms with Crippen LogP contribution in [0.4, 0.5) is 0 Å². The third kappa shape index (κ3) is 8.84. The minimum Gasteiger partial charge on any atom is 0 e. The van der Waals surface area contributed by atoms with Crippen molar-refractivity contribution in [3.8, 4) is 0 Å². The van der Waals surface area contributed by atoms with E-state index in [1.807, 2.05) is 0 Å². The standard InChI is InChI=1S/Ba.2ClH.Zn.2H/h;2*1H;;;. The normalized spacial score (nSPS) is 0. The third-order valence-electron chi connectivity index (χ3n) is 0. The molecule has 0 bridgehead atoms. The Bertz CT molecular complexity index is 6.00. The van der Waals surface area contributed by atoms with Crippen molar-refractivity contribution in [2.24, 2.45) is 0 Å². The molecule has 0 saturated carbocycles. The largest absolute Gasteiger partial charge is 0 e. The summed E-state index contributed by atoms with van der Waals surface area (Å²) in [6, 6.07) is 0. The molecule has 0 spiro atoms. The van der Waals surface area contributed by atoms with E-state index in [1.165, 1.54) is 0 Å². The van der Waals surface area contributed by atoms with Gasteiger partial charge < -0.3 is 0 Å². The maximum absolute atomic E-state index is 0. The zero-order valence-corrected chi connectivity index (χ0v) is 6.12. The van der Waals surface area contributed by atoms with E-state index < -0.39 is 0 Å². The monoisotopic (exact) mass is 276 g/mol. The van der Waals surface area contributed by atoms with Crippen LogP contribution in [0.3, 0.4) is 0 Å². The minimum atomic E-state index is 0. The summed E-state index contributed by atoms with van der Waals surface area (Å²) in [4.78, 5) is 0. The van der Waals surface area contributed by atoms with Gasteiger partial charge in [0.25, 0.3) is 0 Å². The van der Waals surface area contributed by atoms with Gasteiger partial charge in [-0.05, 0) is 0 Å². The predicted molar refractivity (Wildman–Crippen MR) is 23.0 cm³/mol. The maximum atomic E-state index is 0. The van der Waals surface area contributed by atoms with Crippen LogP contribution in [0, 0.1) is 0 Å². The molecular weight excluding hydrogens is 274 g/mol. The molecule has 0 saturated heterocycles. The van der Waals surface area contributed by atoms with E-state index >= 15 is 0 Å². The first-order valence-electron chi connectivity index (χ1n) is 0. The summed E-state index contributed by atoms with van der Waals surface area (Å²) in [5.41, 5.74) is 0. The summed E-state index contributed by atoms with van der Waals surface area (Å²) >= 11 is 0. The molecule has 0 amide bonds. The van der Waals surface area contributed by atoms with Gasteiger partial charge in [0.1, 0.15) is 0 Å². The summed E-state index contributed by atoms with van der Waals surface area (Å²) in [6.07, 6.45) is 0. The van der Waals surface area contributed by atoms with Gasteiger partial charge in [0.15, 0.2) is 0 Å². The van der Waals surface area contributed by atoms with Gasteiger partial charge in [-0.15, -0.1) is 24.8 Å². The minimum absolute atomic E-state index is 0. The molecule has 0 aliphatic heterocycles. The molecule has 22 valence electrons. The van der Waals surface area contributed by atoms with Gasteiger partial charge in [0.05, 0.1) is 0 Å². The molecule has 0 nitrogen and oxygen atoms in total. The summed E-state index contributed by atoms with van der Waals surface area (Å²) in [7, 11) is 0. The smallest absolute Gasteiger partial charge is 0 e. The molecule has 0 aromatic rings. The molecule has 0 aliphatic carbocycles. The summed E-state index contributed by atoms with van der Waals surface area (Å²) < 4.78 is 0. The number of rotatable bonds is 0. The predicted octanol–water partition coefficient (Wildman–Crippen LogP) is -0.0751. The van der Waals surface area contributed by atoms with Crippen LogP contribution in [-0.4, -0.2) is 48.9 Å². The van der Waals surface area contributed by atoms with E-state index in [4.69, 9.17) is 0 Å². The molecule has 0 aromatic carbocycles. The van der Waals surface area contributed by atoms with E-state index in [-0.39, 0.29) is 93.2 Å². The fourth-order valence-corrected chi connectivity index (χ4v) is 0. The van der Waals surface area contributed by atoms with E-state index in [1.54, 1.807) is 0 Å². The van der Waals surface area contributed by atoms with Gasteiger partial charge in [0.2, 0.25) is 0 Å². The second-order valence-electron chi connectivity index (χ2n) is 0. The quantitative estimate of drug-likeness (QED) is 0.544. The Morgan fingerprint density at radius 3 is 0.750 bits per heavy atom. The Morgan fingerprint density at radius 1 is 0.750 bits per heavy atom. The van der Waals surface area contributed by atoms with Gasteiger partial charge in [-0.3, -0.25) is 0 Å². The average molecular weight is 278 g/mol. The van der Waals surface area contributed by atoms with Crippen LogP contribution in [0.2, 0.25) is 0 Å². The second-order valence-corrected chi connectivity index (χ2v) is 0. The van der Waals surface area contributed by atoms with E-state index in [2.05, 4.69) is 0 Å². The summed E-state index contributed by atoms with van der Waals surface area (Å²) in [5.74, 6) is 0. The zero-order valence-electron chi connectivity index (χ0n) is 1.52. The molecule has 0 rings (SSSR count). The van der Waals surface area contributed by atoms with Gasteiger partial charge in [-0.1, -0.05) is 0 Å². The molecule has 4 heavy (non-hydrogen) atoms. The van der Waals surface area contributed by atoms with Gasteiger partial charge in [-0.2, -0.15) is 0 Å². The molecular formula is H4BaCl2Zn. The van der Waals surface area contributed by atoms with Crippen LogP contribution in [0.15, 0.2) is 0 Å². The van der Waals surface area contributed by atoms with Crippen molar-refractivity contribution in [1.82, 2.24) is 0 Å². The summed E-state index contributed by atoms with van der Waals surface area (Å²) in [6.45, 7) is 0. The number of halogens is 2. The average Bonchev–Trinajstić information content (AvgIpc) is 0. The van der Waals surface area contributed by atoms with Crippen molar-refractivity contribution in [2.45, 2.75) is 0 Å². The molecule has 0 fully saturated rings. The van der Waals surface area contributed by atoms with Crippen LogP contribution >= 0.6 is 24.8 Å². The molecule has 0 N–H and O–H groups in total. The Balaban J connectivity index is 0. The fourth-order valence-electron chi connectivity index (χ4n) is 0.